The van der Waals surface area contributed by atoms with Gasteiger partial charge < -0.3 is 4.90 Å². The third-order valence-corrected chi connectivity index (χ3v) is 8.06. The SMILES string of the molecule is N#CC1(C#N)C(c2ccc([N+](=O)[O-])cc2)C(=NC2CCCCC2)N2c3ccccc3-c3ccccc3C21. The molecule has 0 bridgehead atoms. The van der Waals surface area contributed by atoms with Gasteiger partial charge in [0.15, 0.2) is 5.41 Å². The third-order valence-electron chi connectivity index (χ3n) is 8.06. The van der Waals surface area contributed by atoms with E-state index in [1.807, 2.05) is 42.5 Å². The highest BCUT2D eigenvalue weighted by Gasteiger charge is 2.62. The van der Waals surface area contributed by atoms with Crippen molar-refractivity contribution >= 4 is 17.2 Å². The summed E-state index contributed by atoms with van der Waals surface area (Å²) in [5.74, 6) is 0.0465. The Morgan fingerprint density at radius 3 is 2.22 bits per heavy atom. The second kappa shape index (κ2) is 8.87. The summed E-state index contributed by atoms with van der Waals surface area (Å²) in [6.07, 6.45) is 5.34. The first-order chi connectivity index (χ1) is 18.1. The molecule has 2 atom stereocenters. The minimum absolute atomic E-state index is 0.0274. The van der Waals surface area contributed by atoms with Crippen LogP contribution in [0.5, 0.6) is 0 Å². The van der Waals surface area contributed by atoms with Crippen molar-refractivity contribution in [2.75, 3.05) is 4.90 Å². The van der Waals surface area contributed by atoms with Crippen molar-refractivity contribution in [3.05, 3.63) is 94.0 Å². The standard InChI is InChI=1S/C30H25N5O2/c31-18-30(19-32)27(20-14-16-22(17-15-20)35(36)37)29(33-21-8-2-1-3-9-21)34-26-13-7-6-11-24(26)23-10-4-5-12-25(23)28(30)34/h4-7,10-17,21,27-28H,1-3,8-9H2. The lowest BCUT2D eigenvalue weighted by Crippen LogP contribution is -2.35. The first kappa shape index (κ1) is 22.9. The molecule has 7 nitrogen and oxygen atoms in total. The maximum Gasteiger partial charge on any atom is 0.269 e. The average molecular weight is 488 g/mol. The zero-order valence-corrected chi connectivity index (χ0v) is 20.2. The summed E-state index contributed by atoms with van der Waals surface area (Å²) >= 11 is 0. The summed E-state index contributed by atoms with van der Waals surface area (Å²) in [4.78, 5) is 18.3. The van der Waals surface area contributed by atoms with Gasteiger partial charge >= 0.3 is 0 Å². The van der Waals surface area contributed by atoms with E-state index in [0.717, 1.165) is 48.1 Å². The first-order valence-corrected chi connectivity index (χ1v) is 12.7. The molecule has 1 aliphatic carbocycles. The van der Waals surface area contributed by atoms with Crippen molar-refractivity contribution in [1.82, 2.24) is 0 Å². The van der Waals surface area contributed by atoms with E-state index in [1.54, 1.807) is 12.1 Å². The monoisotopic (exact) mass is 487 g/mol. The van der Waals surface area contributed by atoms with E-state index in [4.69, 9.17) is 4.99 Å². The number of amidine groups is 1. The van der Waals surface area contributed by atoms with Gasteiger partial charge in [-0.2, -0.15) is 10.5 Å². The molecule has 7 heteroatoms. The van der Waals surface area contributed by atoms with Crippen LogP contribution in [0.1, 0.15) is 55.2 Å². The molecule has 37 heavy (non-hydrogen) atoms. The van der Waals surface area contributed by atoms with Gasteiger partial charge in [0.05, 0.1) is 40.8 Å². The van der Waals surface area contributed by atoms with Crippen LogP contribution >= 0.6 is 0 Å². The molecular weight excluding hydrogens is 462 g/mol. The summed E-state index contributed by atoms with van der Waals surface area (Å²) < 4.78 is 0. The van der Waals surface area contributed by atoms with E-state index < -0.39 is 22.3 Å². The van der Waals surface area contributed by atoms with E-state index >= 15 is 0 Å². The number of fused-ring (bicyclic) bond motifs is 6. The van der Waals surface area contributed by atoms with Gasteiger partial charge in [0.25, 0.3) is 5.69 Å². The molecule has 6 rings (SSSR count). The van der Waals surface area contributed by atoms with Crippen LogP contribution in [0.25, 0.3) is 11.1 Å². The number of aliphatic imine (C=N–C) groups is 1. The number of benzene rings is 3. The summed E-state index contributed by atoms with van der Waals surface area (Å²) in [5.41, 5.74) is 3.08. The second-order valence-corrected chi connectivity index (χ2v) is 10.0. The van der Waals surface area contributed by atoms with Gasteiger partial charge in [0, 0.05) is 17.7 Å². The molecule has 182 valence electrons. The molecule has 0 N–H and O–H groups in total. The molecule has 0 amide bonds. The van der Waals surface area contributed by atoms with E-state index in [9.17, 15) is 20.6 Å². The molecule has 0 radical (unpaired) electrons. The Kier molecular flexibility index (Phi) is 5.50. The van der Waals surface area contributed by atoms with E-state index in [-0.39, 0.29) is 11.7 Å². The van der Waals surface area contributed by atoms with Crippen molar-refractivity contribution in [2.45, 2.75) is 50.1 Å². The number of nitro benzene ring substituents is 1. The van der Waals surface area contributed by atoms with Crippen LogP contribution in [0.2, 0.25) is 0 Å². The molecule has 1 saturated carbocycles. The van der Waals surface area contributed by atoms with Crippen LogP contribution in [-0.4, -0.2) is 16.8 Å². The number of anilines is 1. The fourth-order valence-corrected chi connectivity index (χ4v) is 6.39. The molecular formula is C30H25N5O2. The molecule has 1 saturated heterocycles. The summed E-state index contributed by atoms with van der Waals surface area (Å²) in [7, 11) is 0. The van der Waals surface area contributed by atoms with Gasteiger partial charge in [-0.3, -0.25) is 15.1 Å². The molecule has 2 unspecified atom stereocenters. The van der Waals surface area contributed by atoms with Gasteiger partial charge in [0.2, 0.25) is 0 Å². The summed E-state index contributed by atoms with van der Waals surface area (Å²) in [6, 6.07) is 26.7. The molecule has 0 spiro atoms. The van der Waals surface area contributed by atoms with Gasteiger partial charge in [-0.05, 0) is 35.6 Å². The molecule has 3 aromatic rings. The van der Waals surface area contributed by atoms with Crippen molar-refractivity contribution in [1.29, 1.82) is 10.5 Å². The van der Waals surface area contributed by atoms with Crippen LogP contribution in [0.3, 0.4) is 0 Å². The van der Waals surface area contributed by atoms with Crippen LogP contribution in [-0.2, 0) is 0 Å². The molecule has 2 heterocycles. The predicted octanol–water partition coefficient (Wildman–Crippen LogP) is 6.69. The lowest BCUT2D eigenvalue weighted by Gasteiger charge is -2.38. The van der Waals surface area contributed by atoms with Crippen LogP contribution in [0.4, 0.5) is 11.4 Å². The molecule has 3 aliphatic rings. The first-order valence-electron chi connectivity index (χ1n) is 12.7. The normalized spacial score (nSPS) is 22.9. The van der Waals surface area contributed by atoms with Gasteiger partial charge in [-0.1, -0.05) is 73.9 Å². The van der Waals surface area contributed by atoms with Gasteiger partial charge in [-0.25, -0.2) is 0 Å². The zero-order valence-electron chi connectivity index (χ0n) is 20.2. The highest BCUT2D eigenvalue weighted by atomic mass is 16.6. The predicted molar refractivity (Wildman–Crippen MR) is 141 cm³/mol. The van der Waals surface area contributed by atoms with Crippen LogP contribution in [0.15, 0.2) is 77.8 Å². The second-order valence-electron chi connectivity index (χ2n) is 10.0. The minimum atomic E-state index is -1.48. The Morgan fingerprint density at radius 2 is 1.54 bits per heavy atom. The number of nitrogens with zero attached hydrogens (tertiary/aromatic N) is 5. The Labute approximate surface area is 215 Å². The summed E-state index contributed by atoms with van der Waals surface area (Å²) in [6.45, 7) is 0. The highest BCUT2D eigenvalue weighted by molar-refractivity contribution is 6.11. The zero-order chi connectivity index (χ0) is 25.6. The van der Waals surface area contributed by atoms with Crippen molar-refractivity contribution in [3.63, 3.8) is 0 Å². The van der Waals surface area contributed by atoms with Gasteiger partial charge in [0.1, 0.15) is 5.84 Å². The maximum absolute atomic E-state index is 11.3. The summed E-state index contributed by atoms with van der Waals surface area (Å²) in [5, 5.41) is 32.9. The van der Waals surface area contributed by atoms with Crippen LogP contribution < -0.4 is 4.90 Å². The molecule has 2 fully saturated rings. The Bertz CT molecular complexity index is 1480. The quantitative estimate of drug-likeness (QED) is 0.302. The number of para-hydroxylation sites is 1. The average Bonchev–Trinajstić information content (AvgIpc) is 3.24. The van der Waals surface area contributed by atoms with E-state index in [2.05, 4.69) is 23.1 Å². The maximum atomic E-state index is 11.3. The van der Waals surface area contributed by atoms with E-state index in [1.165, 1.54) is 18.6 Å². The molecule has 2 aliphatic heterocycles. The number of non-ortho nitro benzene ring substituents is 1. The number of rotatable bonds is 3. The van der Waals surface area contributed by atoms with Crippen LogP contribution in [0, 0.1) is 38.2 Å². The smallest absolute Gasteiger partial charge is 0.269 e. The third kappa shape index (κ3) is 3.42. The fourth-order valence-electron chi connectivity index (χ4n) is 6.39. The largest absolute Gasteiger partial charge is 0.319 e. The number of hydrogen-bond donors (Lipinski definition) is 0. The fraction of sp³-hybridized carbons (Fsp3) is 0.300. The molecule has 0 aromatic heterocycles. The number of hydrogen-bond acceptors (Lipinski definition) is 5. The van der Waals surface area contributed by atoms with E-state index in [0.29, 0.717) is 11.4 Å². The Morgan fingerprint density at radius 1 is 0.892 bits per heavy atom. The highest BCUT2D eigenvalue weighted by Crippen LogP contribution is 2.61. The van der Waals surface area contributed by atoms with Crippen molar-refractivity contribution in [3.8, 4) is 23.3 Å². The van der Waals surface area contributed by atoms with Crippen molar-refractivity contribution < 1.29 is 4.92 Å². The number of nitriles is 2. The number of nitro groups is 1. The lowest BCUT2D eigenvalue weighted by molar-refractivity contribution is -0.384. The lowest BCUT2D eigenvalue weighted by atomic mass is 9.69. The van der Waals surface area contributed by atoms with Gasteiger partial charge in [-0.15, -0.1) is 0 Å². The Balaban J connectivity index is 1.65. The Hall–Kier alpha value is -4.49. The topological polar surface area (TPSA) is 106 Å². The molecule has 3 aromatic carbocycles. The minimum Gasteiger partial charge on any atom is -0.319 e. The van der Waals surface area contributed by atoms with Crippen molar-refractivity contribution in [2.24, 2.45) is 10.4 Å².